The number of fused-ring (bicyclic) bond motifs is 1. The average Bonchev–Trinajstić information content (AvgIpc) is 2.88. The lowest BCUT2D eigenvalue weighted by Crippen LogP contribution is -2.00. The van der Waals surface area contributed by atoms with E-state index in [0.717, 1.165) is 47.9 Å². The van der Waals surface area contributed by atoms with Gasteiger partial charge in [0.2, 0.25) is 0 Å². The van der Waals surface area contributed by atoms with Crippen LogP contribution in [0.25, 0.3) is 10.8 Å². The summed E-state index contributed by atoms with van der Waals surface area (Å²) in [5.74, 6) is -4.56. The molecule has 4 rings (SSSR count). The van der Waals surface area contributed by atoms with Gasteiger partial charge in [0.25, 0.3) is 0 Å². The van der Waals surface area contributed by atoms with E-state index >= 15 is 4.39 Å². The van der Waals surface area contributed by atoms with Crippen LogP contribution in [0.15, 0.2) is 60.7 Å². The Morgan fingerprint density at radius 2 is 1.11 bits per heavy atom. The van der Waals surface area contributed by atoms with Gasteiger partial charge >= 0.3 is 0 Å². The van der Waals surface area contributed by atoms with Crippen LogP contribution in [-0.4, -0.2) is 0 Å². The van der Waals surface area contributed by atoms with Gasteiger partial charge in [0.05, 0.1) is 0 Å². The minimum absolute atomic E-state index is 0.176. The van der Waals surface area contributed by atoms with Gasteiger partial charge in [0.1, 0.15) is 11.6 Å². The van der Waals surface area contributed by atoms with Crippen LogP contribution in [0.4, 0.5) is 22.0 Å². The van der Waals surface area contributed by atoms with E-state index in [0.29, 0.717) is 29.4 Å². The second-order valence-electron chi connectivity index (χ2n) is 9.70. The molecule has 0 radical (unpaired) electrons. The van der Waals surface area contributed by atoms with Gasteiger partial charge in [0.15, 0.2) is 17.5 Å². The maximum atomic E-state index is 15.1. The number of rotatable bonds is 11. The summed E-state index contributed by atoms with van der Waals surface area (Å²) in [6, 6.07) is 16.4. The van der Waals surface area contributed by atoms with Gasteiger partial charge in [-0.15, -0.1) is 0 Å². The molecular formula is C32H31F5. The maximum Gasteiger partial charge on any atom is 0.194 e. The quantitative estimate of drug-likeness (QED) is 0.107. The van der Waals surface area contributed by atoms with Crippen molar-refractivity contribution in [2.45, 2.75) is 64.7 Å². The van der Waals surface area contributed by atoms with Crippen molar-refractivity contribution < 1.29 is 22.0 Å². The van der Waals surface area contributed by atoms with Crippen molar-refractivity contribution in [3.8, 4) is 0 Å². The maximum absolute atomic E-state index is 15.1. The van der Waals surface area contributed by atoms with Crippen LogP contribution >= 0.6 is 0 Å². The molecule has 0 aliphatic rings. The van der Waals surface area contributed by atoms with Crippen molar-refractivity contribution in [1.29, 1.82) is 0 Å². The fourth-order valence-corrected chi connectivity index (χ4v) is 4.75. The molecule has 0 aliphatic carbocycles. The van der Waals surface area contributed by atoms with Crippen LogP contribution in [0.2, 0.25) is 0 Å². The summed E-state index contributed by atoms with van der Waals surface area (Å²) >= 11 is 0. The molecule has 0 heterocycles. The summed E-state index contributed by atoms with van der Waals surface area (Å²) in [6.07, 6.45) is 7.11. The molecule has 0 fully saturated rings. The smallest absolute Gasteiger partial charge is 0.194 e. The Morgan fingerprint density at radius 3 is 1.84 bits per heavy atom. The van der Waals surface area contributed by atoms with E-state index in [4.69, 9.17) is 0 Å². The number of hydrogen-bond donors (Lipinski definition) is 0. The number of hydrogen-bond acceptors (Lipinski definition) is 0. The molecular weight excluding hydrogens is 479 g/mol. The molecule has 0 amide bonds. The first-order valence-corrected chi connectivity index (χ1v) is 13.0. The van der Waals surface area contributed by atoms with Gasteiger partial charge in [-0.3, -0.25) is 0 Å². The molecule has 4 aromatic carbocycles. The van der Waals surface area contributed by atoms with Crippen LogP contribution in [0, 0.1) is 29.1 Å². The monoisotopic (exact) mass is 510 g/mol. The normalized spacial score (nSPS) is 11.4. The van der Waals surface area contributed by atoms with E-state index in [1.807, 2.05) is 30.3 Å². The lowest BCUT2D eigenvalue weighted by Gasteiger charge is -2.10. The molecule has 0 spiro atoms. The fraction of sp³-hybridized carbons (Fsp3) is 0.312. The largest absolute Gasteiger partial charge is 0.207 e. The zero-order valence-corrected chi connectivity index (χ0v) is 21.0. The van der Waals surface area contributed by atoms with Crippen molar-refractivity contribution in [1.82, 2.24) is 0 Å². The van der Waals surface area contributed by atoms with E-state index in [1.165, 1.54) is 12.8 Å². The second-order valence-corrected chi connectivity index (χ2v) is 9.70. The SMILES string of the molecule is CCCCCCc1ccc(CCc2ccc3c(F)c(CCc4cc(F)c(F)c(F)c4)ccc3c2)c(F)c1. The predicted molar refractivity (Wildman–Crippen MR) is 139 cm³/mol. The second kappa shape index (κ2) is 12.4. The van der Waals surface area contributed by atoms with Crippen molar-refractivity contribution >= 4 is 10.8 Å². The Hall–Kier alpha value is -3.21. The third-order valence-corrected chi connectivity index (χ3v) is 6.94. The zero-order chi connectivity index (χ0) is 26.4. The van der Waals surface area contributed by atoms with Crippen LogP contribution in [0.1, 0.15) is 60.4 Å². The summed E-state index contributed by atoms with van der Waals surface area (Å²) in [5, 5.41) is 1.19. The molecule has 0 nitrogen and oxygen atoms in total. The highest BCUT2D eigenvalue weighted by molar-refractivity contribution is 5.84. The molecule has 4 aromatic rings. The minimum Gasteiger partial charge on any atom is -0.207 e. The third-order valence-electron chi connectivity index (χ3n) is 6.94. The first-order valence-electron chi connectivity index (χ1n) is 13.0. The summed E-state index contributed by atoms with van der Waals surface area (Å²) in [4.78, 5) is 0. The Balaban J connectivity index is 1.39. The van der Waals surface area contributed by atoms with Gasteiger partial charge in [-0.05, 0) is 89.9 Å². The standard InChI is InChI=1S/C32H31F5/c1-2-3-4-5-6-21-7-11-24(28(33)18-21)12-8-22-10-16-27-26(17-22)15-14-25(31(27)36)13-9-23-19-29(34)32(37)30(35)20-23/h7,10-11,14-20H,2-6,8-9,12-13H2,1H3. The van der Waals surface area contributed by atoms with Gasteiger partial charge in [-0.2, -0.15) is 0 Å². The molecule has 0 saturated heterocycles. The molecule has 0 aliphatic heterocycles. The van der Waals surface area contributed by atoms with Gasteiger partial charge in [-0.25, -0.2) is 22.0 Å². The third kappa shape index (κ3) is 6.76. The lowest BCUT2D eigenvalue weighted by atomic mass is 9.96. The van der Waals surface area contributed by atoms with E-state index in [2.05, 4.69) is 6.92 Å². The summed E-state index contributed by atoms with van der Waals surface area (Å²) in [5.41, 5.74) is 3.38. The Bertz CT molecular complexity index is 1350. The molecule has 0 bridgehead atoms. The first-order chi connectivity index (χ1) is 17.9. The average molecular weight is 511 g/mol. The Morgan fingerprint density at radius 1 is 0.486 bits per heavy atom. The fourth-order valence-electron chi connectivity index (χ4n) is 4.75. The first kappa shape index (κ1) is 26.8. The van der Waals surface area contributed by atoms with E-state index < -0.39 is 17.5 Å². The van der Waals surface area contributed by atoms with Crippen molar-refractivity contribution in [3.63, 3.8) is 0 Å². The topological polar surface area (TPSA) is 0 Å². The molecule has 194 valence electrons. The van der Waals surface area contributed by atoms with Crippen LogP contribution in [0.5, 0.6) is 0 Å². The van der Waals surface area contributed by atoms with Gasteiger partial charge in [-0.1, -0.05) is 68.7 Å². The predicted octanol–water partition coefficient (Wildman–Crippen LogP) is 9.23. The molecule has 0 atom stereocenters. The summed E-state index contributed by atoms with van der Waals surface area (Å²) < 4.78 is 69.9. The van der Waals surface area contributed by atoms with E-state index in [1.54, 1.807) is 18.2 Å². The molecule has 0 unspecified atom stereocenters. The lowest BCUT2D eigenvalue weighted by molar-refractivity contribution is 0.445. The minimum atomic E-state index is -1.51. The molecule has 0 aromatic heterocycles. The van der Waals surface area contributed by atoms with Crippen molar-refractivity contribution in [2.24, 2.45) is 0 Å². The van der Waals surface area contributed by atoms with Gasteiger partial charge in [0, 0.05) is 5.39 Å². The van der Waals surface area contributed by atoms with Crippen LogP contribution < -0.4 is 0 Å². The van der Waals surface area contributed by atoms with E-state index in [9.17, 15) is 17.6 Å². The van der Waals surface area contributed by atoms with Gasteiger partial charge < -0.3 is 0 Å². The highest BCUT2D eigenvalue weighted by Crippen LogP contribution is 2.25. The highest BCUT2D eigenvalue weighted by Gasteiger charge is 2.13. The Labute approximate surface area is 215 Å². The molecule has 5 heteroatoms. The van der Waals surface area contributed by atoms with Crippen LogP contribution in [0.3, 0.4) is 0 Å². The molecule has 0 saturated carbocycles. The summed E-state index contributed by atoms with van der Waals surface area (Å²) in [7, 11) is 0. The molecule has 0 N–H and O–H groups in total. The number of unbranched alkanes of at least 4 members (excludes halogenated alkanes) is 3. The van der Waals surface area contributed by atoms with Crippen molar-refractivity contribution in [3.05, 3.63) is 118 Å². The molecule has 37 heavy (non-hydrogen) atoms. The van der Waals surface area contributed by atoms with Crippen molar-refractivity contribution in [2.75, 3.05) is 0 Å². The van der Waals surface area contributed by atoms with Crippen LogP contribution in [-0.2, 0) is 32.1 Å². The number of benzene rings is 4. The number of halogens is 5. The summed E-state index contributed by atoms with van der Waals surface area (Å²) in [6.45, 7) is 2.17. The Kier molecular flexibility index (Phi) is 8.96. The van der Waals surface area contributed by atoms with E-state index in [-0.39, 0.29) is 30.0 Å². The number of aryl methyl sites for hydroxylation is 5. The highest BCUT2D eigenvalue weighted by atomic mass is 19.2. The zero-order valence-electron chi connectivity index (χ0n) is 21.0.